The lowest BCUT2D eigenvalue weighted by atomic mass is 9.98. The lowest BCUT2D eigenvalue weighted by molar-refractivity contribution is -0.00603. The molecule has 2 unspecified atom stereocenters. The zero-order valence-corrected chi connectivity index (χ0v) is 12.2. The van der Waals surface area contributed by atoms with E-state index in [9.17, 15) is 0 Å². The van der Waals surface area contributed by atoms with Crippen LogP contribution in [0.1, 0.15) is 65.2 Å². The maximum Gasteiger partial charge on any atom is 0.100 e. The molecule has 0 saturated carbocycles. The highest BCUT2D eigenvalue weighted by atomic mass is 16.5. The topological polar surface area (TPSA) is 49.7 Å². The first-order chi connectivity index (χ1) is 8.74. The molecule has 2 N–H and O–H groups in total. The van der Waals surface area contributed by atoms with Gasteiger partial charge in [-0.05, 0) is 12.3 Å². The Bertz CT molecular complexity index is 162. The van der Waals surface area contributed by atoms with Gasteiger partial charge < -0.3 is 14.9 Å². The number of hydrogen-bond acceptors (Lipinski definition) is 3. The minimum Gasteiger partial charge on any atom is -0.394 e. The van der Waals surface area contributed by atoms with Crippen molar-refractivity contribution in [3.8, 4) is 0 Å². The smallest absolute Gasteiger partial charge is 0.100 e. The molecule has 0 fully saturated rings. The molecule has 0 amide bonds. The van der Waals surface area contributed by atoms with Crippen LogP contribution in [0.4, 0.5) is 0 Å². The van der Waals surface area contributed by atoms with Crippen molar-refractivity contribution in [3.63, 3.8) is 0 Å². The largest absolute Gasteiger partial charge is 0.394 e. The monoisotopic (exact) mass is 260 g/mol. The second kappa shape index (κ2) is 13.3. The Labute approximate surface area is 113 Å². The average Bonchev–Trinajstić information content (AvgIpc) is 2.40. The van der Waals surface area contributed by atoms with Gasteiger partial charge in [0, 0.05) is 6.61 Å². The zero-order valence-electron chi connectivity index (χ0n) is 12.2. The van der Waals surface area contributed by atoms with Gasteiger partial charge in [-0.15, -0.1) is 0 Å². The number of unbranched alkanes of at least 4 members (excludes halogenated alkanes) is 5. The Kier molecular flexibility index (Phi) is 13.2. The minimum atomic E-state index is -0.725. The van der Waals surface area contributed by atoms with E-state index in [1.807, 2.05) is 0 Å². The summed E-state index contributed by atoms with van der Waals surface area (Å²) in [7, 11) is 0. The Morgan fingerprint density at radius 3 is 2.22 bits per heavy atom. The maximum atomic E-state index is 9.17. The molecular weight excluding hydrogens is 228 g/mol. The molecule has 0 rings (SSSR count). The summed E-state index contributed by atoms with van der Waals surface area (Å²) in [4.78, 5) is 0. The molecular formula is C15H32O3. The van der Waals surface area contributed by atoms with E-state index in [-0.39, 0.29) is 13.2 Å². The van der Waals surface area contributed by atoms with E-state index >= 15 is 0 Å². The van der Waals surface area contributed by atoms with Crippen LogP contribution in [0.25, 0.3) is 0 Å². The molecule has 0 aromatic heterocycles. The van der Waals surface area contributed by atoms with Crippen molar-refractivity contribution in [2.75, 3.05) is 19.8 Å². The predicted molar refractivity (Wildman–Crippen MR) is 75.7 cm³/mol. The van der Waals surface area contributed by atoms with Gasteiger partial charge in [0.15, 0.2) is 0 Å². The molecule has 0 aromatic rings. The van der Waals surface area contributed by atoms with E-state index in [0.717, 1.165) is 6.42 Å². The lowest BCUT2D eigenvalue weighted by Gasteiger charge is -2.16. The number of ether oxygens (including phenoxy) is 1. The molecule has 2 atom stereocenters. The molecule has 0 radical (unpaired) electrons. The summed E-state index contributed by atoms with van der Waals surface area (Å²) in [5, 5.41) is 17.8. The van der Waals surface area contributed by atoms with Crippen molar-refractivity contribution in [2.24, 2.45) is 5.92 Å². The fourth-order valence-electron chi connectivity index (χ4n) is 2.04. The summed E-state index contributed by atoms with van der Waals surface area (Å²) >= 11 is 0. The summed E-state index contributed by atoms with van der Waals surface area (Å²) in [6.07, 6.45) is 9.63. The highest BCUT2D eigenvalue weighted by Crippen LogP contribution is 2.15. The lowest BCUT2D eigenvalue weighted by Crippen LogP contribution is -2.21. The summed E-state index contributed by atoms with van der Waals surface area (Å²) in [5.74, 6) is 0.599. The Morgan fingerprint density at radius 1 is 0.944 bits per heavy atom. The fourth-order valence-corrected chi connectivity index (χ4v) is 2.04. The van der Waals surface area contributed by atoms with Crippen LogP contribution in [0.15, 0.2) is 0 Å². The first-order valence-corrected chi connectivity index (χ1v) is 7.61. The van der Waals surface area contributed by atoms with Crippen LogP contribution < -0.4 is 0 Å². The second-order valence-electron chi connectivity index (χ2n) is 5.20. The number of hydrogen-bond donors (Lipinski definition) is 2. The average molecular weight is 260 g/mol. The van der Waals surface area contributed by atoms with E-state index in [1.165, 1.54) is 44.9 Å². The summed E-state index contributed by atoms with van der Waals surface area (Å²) in [6.45, 7) is 5.18. The Balaban J connectivity index is 3.40. The van der Waals surface area contributed by atoms with Crippen LogP contribution in [0, 0.1) is 5.92 Å². The van der Waals surface area contributed by atoms with Gasteiger partial charge in [0.25, 0.3) is 0 Å². The molecule has 0 aromatic carbocycles. The fraction of sp³-hybridized carbons (Fsp3) is 1.00. The Morgan fingerprint density at radius 2 is 1.61 bits per heavy atom. The van der Waals surface area contributed by atoms with Crippen LogP contribution in [-0.4, -0.2) is 36.1 Å². The molecule has 0 spiro atoms. The number of rotatable bonds is 13. The minimum absolute atomic E-state index is 0.214. The number of aliphatic hydroxyl groups is 2. The van der Waals surface area contributed by atoms with Gasteiger partial charge in [-0.3, -0.25) is 0 Å². The second-order valence-corrected chi connectivity index (χ2v) is 5.20. The maximum absolute atomic E-state index is 9.17. The van der Waals surface area contributed by atoms with Crippen LogP contribution >= 0.6 is 0 Å². The highest BCUT2D eigenvalue weighted by molar-refractivity contribution is 4.58. The summed E-state index contributed by atoms with van der Waals surface area (Å²) < 4.78 is 5.42. The first kappa shape index (κ1) is 17.9. The molecule has 0 aliphatic heterocycles. The van der Waals surface area contributed by atoms with Crippen LogP contribution in [0.3, 0.4) is 0 Å². The van der Waals surface area contributed by atoms with Crippen molar-refractivity contribution in [3.05, 3.63) is 0 Å². The van der Waals surface area contributed by atoms with Crippen molar-refractivity contribution >= 4 is 0 Å². The first-order valence-electron chi connectivity index (χ1n) is 7.61. The Hall–Kier alpha value is -0.120. The van der Waals surface area contributed by atoms with E-state index in [4.69, 9.17) is 14.9 Å². The molecule has 0 bridgehead atoms. The van der Waals surface area contributed by atoms with Gasteiger partial charge in [0.2, 0.25) is 0 Å². The SMILES string of the molecule is CCCCCCCCC(CC)COCC(O)CO. The van der Waals surface area contributed by atoms with Gasteiger partial charge >= 0.3 is 0 Å². The van der Waals surface area contributed by atoms with Crippen molar-refractivity contribution in [1.82, 2.24) is 0 Å². The van der Waals surface area contributed by atoms with Crippen molar-refractivity contribution in [1.29, 1.82) is 0 Å². The molecule has 0 saturated heterocycles. The third-order valence-electron chi connectivity index (χ3n) is 3.42. The standard InChI is InChI=1S/C15H32O3/c1-3-5-6-7-8-9-10-14(4-2)12-18-13-15(17)11-16/h14-17H,3-13H2,1-2H3. The number of aliphatic hydroxyl groups excluding tert-OH is 2. The third kappa shape index (κ3) is 11.0. The van der Waals surface area contributed by atoms with Crippen LogP contribution in [0.2, 0.25) is 0 Å². The molecule has 0 heterocycles. The molecule has 110 valence electrons. The predicted octanol–water partition coefficient (Wildman–Crippen LogP) is 3.13. The van der Waals surface area contributed by atoms with Crippen molar-refractivity contribution < 1.29 is 14.9 Å². The normalized spacial score (nSPS) is 14.7. The van der Waals surface area contributed by atoms with E-state index in [1.54, 1.807) is 0 Å². The van der Waals surface area contributed by atoms with Crippen molar-refractivity contribution in [2.45, 2.75) is 71.3 Å². The summed E-state index contributed by atoms with van der Waals surface area (Å²) in [6, 6.07) is 0. The van der Waals surface area contributed by atoms with E-state index in [0.29, 0.717) is 12.5 Å². The molecule has 0 aliphatic carbocycles. The van der Waals surface area contributed by atoms with Gasteiger partial charge in [-0.25, -0.2) is 0 Å². The van der Waals surface area contributed by atoms with E-state index < -0.39 is 6.10 Å². The highest BCUT2D eigenvalue weighted by Gasteiger charge is 2.08. The molecule has 18 heavy (non-hydrogen) atoms. The molecule has 3 nitrogen and oxygen atoms in total. The molecule has 3 heteroatoms. The third-order valence-corrected chi connectivity index (χ3v) is 3.42. The van der Waals surface area contributed by atoms with Gasteiger partial charge in [0.1, 0.15) is 6.10 Å². The van der Waals surface area contributed by atoms with Gasteiger partial charge in [-0.1, -0.05) is 58.8 Å². The molecule has 0 aliphatic rings. The summed E-state index contributed by atoms with van der Waals surface area (Å²) in [5.41, 5.74) is 0. The van der Waals surface area contributed by atoms with E-state index in [2.05, 4.69) is 13.8 Å². The van der Waals surface area contributed by atoms with Crippen LogP contribution in [0.5, 0.6) is 0 Å². The van der Waals surface area contributed by atoms with Gasteiger partial charge in [-0.2, -0.15) is 0 Å². The zero-order chi connectivity index (χ0) is 13.6. The van der Waals surface area contributed by atoms with Crippen LogP contribution in [-0.2, 0) is 4.74 Å². The quantitative estimate of drug-likeness (QED) is 0.500. The van der Waals surface area contributed by atoms with Gasteiger partial charge in [0.05, 0.1) is 13.2 Å².